The monoisotopic (exact) mass is 354 g/mol. The Kier molecular flexibility index (Phi) is 3.69. The van der Waals surface area contributed by atoms with Crippen LogP contribution in [0.4, 0.5) is 10.1 Å². The number of nitrogens with zero attached hydrogens (tertiary/aromatic N) is 1. The Morgan fingerprint density at radius 2 is 2.04 bits per heavy atom. The number of hydrogen-bond donors (Lipinski definition) is 3. The van der Waals surface area contributed by atoms with Crippen LogP contribution in [-0.4, -0.2) is 9.55 Å². The van der Waals surface area contributed by atoms with Gasteiger partial charge in [0.15, 0.2) is 5.82 Å². The number of nitrogens with one attached hydrogen (secondary N) is 1. The summed E-state index contributed by atoms with van der Waals surface area (Å²) in [7, 11) is 0. The number of nitrogens with two attached hydrogens (primary N) is 2. The fourth-order valence-electron chi connectivity index (χ4n) is 3.57. The Bertz CT molecular complexity index is 1160. The van der Waals surface area contributed by atoms with Crippen LogP contribution < -0.4 is 22.7 Å². The van der Waals surface area contributed by atoms with E-state index in [0.29, 0.717) is 28.8 Å². The van der Waals surface area contributed by atoms with Crippen LogP contribution >= 0.6 is 0 Å². The molecule has 0 saturated heterocycles. The molecule has 134 valence electrons. The van der Waals surface area contributed by atoms with E-state index in [1.54, 1.807) is 25.1 Å². The molecule has 0 unspecified atom stereocenters. The number of anilines is 1. The number of nitrogen functional groups attached to an aromatic ring is 1. The van der Waals surface area contributed by atoms with Crippen molar-refractivity contribution in [1.82, 2.24) is 9.55 Å². The number of H-pyrrole nitrogens is 1. The second-order valence-corrected chi connectivity index (χ2v) is 6.72. The summed E-state index contributed by atoms with van der Waals surface area (Å²) >= 11 is 0. The lowest BCUT2D eigenvalue weighted by molar-refractivity contribution is 0.634. The van der Waals surface area contributed by atoms with Gasteiger partial charge in [-0.05, 0) is 42.5 Å². The van der Waals surface area contributed by atoms with E-state index in [-0.39, 0.29) is 17.1 Å². The van der Waals surface area contributed by atoms with E-state index in [9.17, 15) is 9.59 Å². The third-order valence-electron chi connectivity index (χ3n) is 4.96. The van der Waals surface area contributed by atoms with Crippen LogP contribution in [0.2, 0.25) is 0 Å². The molecule has 26 heavy (non-hydrogen) atoms. The van der Waals surface area contributed by atoms with E-state index in [0.717, 1.165) is 18.4 Å². The maximum Gasteiger partial charge on any atom is 0.329 e. The summed E-state index contributed by atoms with van der Waals surface area (Å²) in [4.78, 5) is 27.0. The maximum atomic E-state index is 15.1. The number of fused-ring (bicyclic) bond motifs is 1. The van der Waals surface area contributed by atoms with Crippen molar-refractivity contribution >= 4 is 16.6 Å². The minimum atomic E-state index is -0.663. The summed E-state index contributed by atoms with van der Waals surface area (Å²) in [5.74, 6) is -0.657. The number of hydrogen-bond acceptors (Lipinski definition) is 4. The molecule has 0 amide bonds. The largest absolute Gasteiger partial charge is 0.396 e. The maximum absolute atomic E-state index is 15.1. The Morgan fingerprint density at radius 3 is 2.69 bits per heavy atom. The van der Waals surface area contributed by atoms with Crippen LogP contribution in [0, 0.1) is 12.7 Å². The Morgan fingerprint density at radius 1 is 1.31 bits per heavy atom. The van der Waals surface area contributed by atoms with Gasteiger partial charge in [0.25, 0.3) is 5.56 Å². The predicted molar refractivity (Wildman–Crippen MR) is 99.5 cm³/mol. The molecule has 0 aliphatic heterocycles. The average Bonchev–Trinajstić information content (AvgIpc) is 3.44. The highest BCUT2D eigenvalue weighted by atomic mass is 19.1. The van der Waals surface area contributed by atoms with Gasteiger partial charge in [0.05, 0.1) is 16.6 Å². The number of benzene rings is 2. The molecule has 7 heteroatoms. The molecule has 0 spiro atoms. The first kappa shape index (κ1) is 16.5. The van der Waals surface area contributed by atoms with Crippen molar-refractivity contribution in [1.29, 1.82) is 0 Å². The normalized spacial score (nSPS) is 14.1. The van der Waals surface area contributed by atoms with Gasteiger partial charge in [0.1, 0.15) is 0 Å². The molecule has 4 rings (SSSR count). The molecule has 2 aromatic carbocycles. The minimum Gasteiger partial charge on any atom is -0.396 e. The molecule has 1 heterocycles. The molecule has 1 aliphatic carbocycles. The van der Waals surface area contributed by atoms with Gasteiger partial charge < -0.3 is 11.5 Å². The van der Waals surface area contributed by atoms with Crippen molar-refractivity contribution in [2.75, 3.05) is 5.73 Å². The van der Waals surface area contributed by atoms with E-state index in [1.165, 1.54) is 4.57 Å². The Balaban J connectivity index is 2.17. The Labute approximate surface area is 148 Å². The van der Waals surface area contributed by atoms with Gasteiger partial charge in [-0.2, -0.15) is 0 Å². The van der Waals surface area contributed by atoms with E-state index >= 15 is 4.39 Å². The predicted octanol–water partition coefficient (Wildman–Crippen LogP) is 2.18. The van der Waals surface area contributed by atoms with Gasteiger partial charge in [-0.1, -0.05) is 18.2 Å². The molecule has 1 saturated carbocycles. The van der Waals surface area contributed by atoms with E-state index in [1.807, 2.05) is 6.07 Å². The molecular formula is C19H19FN4O2. The fraction of sp³-hybridized carbons (Fsp3) is 0.263. The van der Waals surface area contributed by atoms with Crippen molar-refractivity contribution in [3.8, 4) is 11.1 Å². The van der Waals surface area contributed by atoms with Crippen molar-refractivity contribution in [3.05, 3.63) is 62.0 Å². The summed E-state index contributed by atoms with van der Waals surface area (Å²) < 4.78 is 16.7. The molecule has 0 atom stereocenters. The van der Waals surface area contributed by atoms with Crippen LogP contribution in [0.3, 0.4) is 0 Å². The highest BCUT2D eigenvalue weighted by Gasteiger charge is 2.30. The van der Waals surface area contributed by atoms with Gasteiger partial charge in [-0.3, -0.25) is 14.3 Å². The molecule has 6 nitrogen and oxygen atoms in total. The number of rotatable bonds is 3. The zero-order chi connectivity index (χ0) is 18.6. The summed E-state index contributed by atoms with van der Waals surface area (Å²) in [6.07, 6.45) is 1.69. The van der Waals surface area contributed by atoms with Gasteiger partial charge in [0.2, 0.25) is 0 Å². The second kappa shape index (κ2) is 5.81. The SMILES string of the molecule is Cc1c(-c2cccc(CN)c2)c(F)c(N)c2c(=O)[nH]c(=O)n(C3CC3)c12. The molecule has 3 aromatic rings. The highest BCUT2D eigenvalue weighted by molar-refractivity contribution is 5.98. The molecule has 1 fully saturated rings. The van der Waals surface area contributed by atoms with Crippen LogP contribution in [-0.2, 0) is 6.54 Å². The lowest BCUT2D eigenvalue weighted by Gasteiger charge is -2.18. The van der Waals surface area contributed by atoms with Crippen LogP contribution in [0.5, 0.6) is 0 Å². The number of aryl methyl sites for hydroxylation is 1. The Hall–Kier alpha value is -2.93. The second-order valence-electron chi connectivity index (χ2n) is 6.72. The summed E-state index contributed by atoms with van der Waals surface area (Å²) in [6, 6.07) is 7.22. The quantitative estimate of drug-likeness (QED) is 0.627. The van der Waals surface area contributed by atoms with E-state index in [2.05, 4.69) is 4.98 Å². The van der Waals surface area contributed by atoms with Gasteiger partial charge in [0, 0.05) is 18.2 Å². The molecular weight excluding hydrogens is 335 g/mol. The third-order valence-corrected chi connectivity index (χ3v) is 4.96. The lowest BCUT2D eigenvalue weighted by atomic mass is 9.94. The number of aromatic nitrogens is 2. The lowest BCUT2D eigenvalue weighted by Crippen LogP contribution is -2.31. The van der Waals surface area contributed by atoms with Crippen LogP contribution in [0.25, 0.3) is 22.0 Å². The number of aromatic amines is 1. The first-order valence-corrected chi connectivity index (χ1v) is 8.49. The highest BCUT2D eigenvalue weighted by Crippen LogP contribution is 2.40. The average molecular weight is 354 g/mol. The zero-order valence-corrected chi connectivity index (χ0v) is 14.3. The molecule has 0 bridgehead atoms. The zero-order valence-electron chi connectivity index (χ0n) is 14.3. The first-order valence-electron chi connectivity index (χ1n) is 8.49. The smallest absolute Gasteiger partial charge is 0.329 e. The number of halogens is 1. The van der Waals surface area contributed by atoms with Crippen molar-refractivity contribution in [2.45, 2.75) is 32.4 Å². The van der Waals surface area contributed by atoms with Gasteiger partial charge in [-0.25, -0.2) is 9.18 Å². The molecule has 1 aliphatic rings. The summed E-state index contributed by atoms with van der Waals surface area (Å²) in [5.41, 5.74) is 13.0. The van der Waals surface area contributed by atoms with Crippen LogP contribution in [0.15, 0.2) is 33.9 Å². The molecule has 0 radical (unpaired) electrons. The molecule has 1 aromatic heterocycles. The first-order chi connectivity index (χ1) is 12.4. The topological polar surface area (TPSA) is 107 Å². The van der Waals surface area contributed by atoms with E-state index < -0.39 is 17.1 Å². The van der Waals surface area contributed by atoms with Gasteiger partial charge >= 0.3 is 5.69 Å². The van der Waals surface area contributed by atoms with Gasteiger partial charge in [-0.15, -0.1) is 0 Å². The van der Waals surface area contributed by atoms with Crippen molar-refractivity contribution < 1.29 is 4.39 Å². The van der Waals surface area contributed by atoms with Crippen molar-refractivity contribution in [3.63, 3.8) is 0 Å². The third kappa shape index (κ3) is 2.35. The standard InChI is InChI=1S/C19H19FN4O2/c1-9-13(11-4-2-3-10(7-11)8-21)15(20)16(22)14-17(9)24(12-5-6-12)19(26)23-18(14)25/h2-4,7,12H,5-6,8,21-22H2,1H3,(H,23,25,26). The summed E-state index contributed by atoms with van der Waals surface area (Å²) in [6.45, 7) is 2.04. The van der Waals surface area contributed by atoms with E-state index in [4.69, 9.17) is 11.5 Å². The van der Waals surface area contributed by atoms with Crippen molar-refractivity contribution in [2.24, 2.45) is 5.73 Å². The summed E-state index contributed by atoms with van der Waals surface area (Å²) in [5, 5.41) is 0.0326. The minimum absolute atomic E-state index is 0.00800. The molecule has 5 N–H and O–H groups in total. The van der Waals surface area contributed by atoms with Crippen LogP contribution in [0.1, 0.15) is 30.0 Å². The fourth-order valence-corrected chi connectivity index (χ4v) is 3.57.